The summed E-state index contributed by atoms with van der Waals surface area (Å²) in [6.45, 7) is 1.86. The van der Waals surface area contributed by atoms with Crippen LogP contribution in [0, 0.1) is 5.41 Å². The number of alkyl carbamates (subject to hydrolysis) is 1. The van der Waals surface area contributed by atoms with Crippen LogP contribution in [0.5, 0.6) is 0 Å². The number of carbonyl (C=O) groups is 3. The Labute approximate surface area is 246 Å². The maximum atomic E-state index is 13.5. The summed E-state index contributed by atoms with van der Waals surface area (Å²) in [6, 6.07) is 26.0. The summed E-state index contributed by atoms with van der Waals surface area (Å²) < 4.78 is 5.17. The summed E-state index contributed by atoms with van der Waals surface area (Å²) in [5.74, 6) is 0.133. The third kappa shape index (κ3) is 7.03. The van der Waals surface area contributed by atoms with Gasteiger partial charge >= 0.3 is 6.09 Å². The predicted molar refractivity (Wildman–Crippen MR) is 160 cm³/mol. The second kappa shape index (κ2) is 13.4. The number of likely N-dealkylation sites (N-methyl/N-ethyl adjacent to an activating group) is 1. The van der Waals surface area contributed by atoms with Crippen molar-refractivity contribution < 1.29 is 19.1 Å². The Balaban J connectivity index is 1.08. The first-order valence-corrected chi connectivity index (χ1v) is 14.4. The highest BCUT2D eigenvalue weighted by atomic mass is 16.5. The summed E-state index contributed by atoms with van der Waals surface area (Å²) in [5, 5.41) is 13.6. The van der Waals surface area contributed by atoms with E-state index >= 15 is 0 Å². The van der Waals surface area contributed by atoms with Crippen molar-refractivity contribution in [2.75, 3.05) is 20.1 Å². The van der Waals surface area contributed by atoms with Crippen molar-refractivity contribution >= 4 is 23.7 Å². The number of amidine groups is 1. The second-order valence-electron chi connectivity index (χ2n) is 10.9. The molecule has 5 rings (SSSR count). The first-order chi connectivity index (χ1) is 20.4. The summed E-state index contributed by atoms with van der Waals surface area (Å²) in [6.07, 6.45) is 1.72. The van der Waals surface area contributed by atoms with E-state index in [4.69, 9.17) is 10.1 Å². The zero-order chi connectivity index (χ0) is 29.5. The maximum Gasteiger partial charge on any atom is 0.413 e. The highest BCUT2D eigenvalue weighted by Gasteiger charge is 2.42. The molecule has 9 heteroatoms. The van der Waals surface area contributed by atoms with Crippen LogP contribution in [0.3, 0.4) is 0 Å². The molecular formula is C33H37N5O4. The highest BCUT2D eigenvalue weighted by Crippen LogP contribution is 2.33. The molecule has 3 atom stereocenters. The molecule has 0 saturated carbocycles. The molecule has 3 aromatic rings. The monoisotopic (exact) mass is 567 g/mol. The van der Waals surface area contributed by atoms with Gasteiger partial charge in [0.25, 0.3) is 0 Å². The van der Waals surface area contributed by atoms with E-state index in [1.165, 1.54) is 5.56 Å². The van der Waals surface area contributed by atoms with Gasteiger partial charge in [-0.1, -0.05) is 84.9 Å². The molecule has 0 unspecified atom stereocenters. The minimum Gasteiger partial charge on any atom is -0.444 e. The van der Waals surface area contributed by atoms with Gasteiger partial charge in [0, 0.05) is 18.7 Å². The number of amides is 3. The fourth-order valence-corrected chi connectivity index (χ4v) is 5.54. The van der Waals surface area contributed by atoms with Crippen molar-refractivity contribution in [2.24, 2.45) is 0 Å². The van der Waals surface area contributed by atoms with Gasteiger partial charge in [0.15, 0.2) is 0 Å². The molecule has 0 spiro atoms. The smallest absolute Gasteiger partial charge is 0.413 e. The first kappa shape index (κ1) is 29.0. The van der Waals surface area contributed by atoms with Crippen LogP contribution >= 0.6 is 0 Å². The lowest BCUT2D eigenvalue weighted by Gasteiger charge is -2.45. The molecule has 42 heavy (non-hydrogen) atoms. The van der Waals surface area contributed by atoms with Crippen molar-refractivity contribution in [3.8, 4) is 0 Å². The molecule has 0 aliphatic carbocycles. The minimum absolute atomic E-state index is 0.0298. The average molecular weight is 568 g/mol. The van der Waals surface area contributed by atoms with Crippen molar-refractivity contribution in [3.63, 3.8) is 0 Å². The molecule has 2 fully saturated rings. The van der Waals surface area contributed by atoms with E-state index in [9.17, 15) is 14.4 Å². The first-order valence-electron chi connectivity index (χ1n) is 14.4. The number of nitrogens with one attached hydrogen (secondary N) is 3. The van der Waals surface area contributed by atoms with Crippen molar-refractivity contribution in [1.29, 1.82) is 5.41 Å². The van der Waals surface area contributed by atoms with E-state index in [1.54, 1.807) is 29.2 Å². The Bertz CT molecular complexity index is 1400. The quantitative estimate of drug-likeness (QED) is 0.281. The average Bonchev–Trinajstić information content (AvgIpc) is 3.00. The summed E-state index contributed by atoms with van der Waals surface area (Å²) >= 11 is 0. The lowest BCUT2D eigenvalue weighted by atomic mass is 9.84. The number of nitrogens with zero attached hydrogens (tertiary/aromatic N) is 2. The molecule has 3 N–H and O–H groups in total. The van der Waals surface area contributed by atoms with E-state index in [0.29, 0.717) is 31.0 Å². The van der Waals surface area contributed by atoms with Crippen LogP contribution in [-0.4, -0.2) is 65.8 Å². The van der Waals surface area contributed by atoms with E-state index < -0.39 is 12.1 Å². The van der Waals surface area contributed by atoms with Gasteiger partial charge in [0.2, 0.25) is 11.8 Å². The molecule has 3 aromatic carbocycles. The summed E-state index contributed by atoms with van der Waals surface area (Å²) in [7, 11) is 1.99. The topological polar surface area (TPSA) is 115 Å². The molecule has 2 aliphatic rings. The van der Waals surface area contributed by atoms with Crippen LogP contribution in [0.4, 0.5) is 4.79 Å². The van der Waals surface area contributed by atoms with Gasteiger partial charge in [-0.2, -0.15) is 0 Å². The van der Waals surface area contributed by atoms with Gasteiger partial charge in [-0.25, -0.2) is 4.79 Å². The highest BCUT2D eigenvalue weighted by molar-refractivity contribution is 6.04. The fraction of sp³-hybridized carbons (Fsp3) is 0.333. The van der Waals surface area contributed by atoms with Crippen LogP contribution in [0.1, 0.15) is 47.4 Å². The Morgan fingerprint density at radius 1 is 0.857 bits per heavy atom. The molecule has 0 radical (unpaired) electrons. The van der Waals surface area contributed by atoms with Crippen molar-refractivity contribution in [3.05, 3.63) is 107 Å². The van der Waals surface area contributed by atoms with Crippen LogP contribution in [0.15, 0.2) is 84.9 Å². The number of hydrogen-bond acceptors (Lipinski definition) is 6. The molecule has 2 heterocycles. The maximum absolute atomic E-state index is 13.5. The van der Waals surface area contributed by atoms with Crippen LogP contribution in [0.2, 0.25) is 0 Å². The van der Waals surface area contributed by atoms with Crippen LogP contribution < -0.4 is 10.6 Å². The van der Waals surface area contributed by atoms with Crippen molar-refractivity contribution in [1.82, 2.24) is 20.4 Å². The largest absolute Gasteiger partial charge is 0.444 e. The Morgan fingerprint density at radius 2 is 1.55 bits per heavy atom. The van der Waals surface area contributed by atoms with E-state index in [0.717, 1.165) is 30.5 Å². The number of benzene rings is 3. The van der Waals surface area contributed by atoms with E-state index in [1.807, 2.05) is 55.6 Å². The normalized spacial score (nSPS) is 20.2. The zero-order valence-electron chi connectivity index (χ0n) is 23.8. The number of ether oxygens (including phenoxy) is 1. The number of carbonyl (C=O) groups excluding carboxylic acids is 3. The Hall–Kier alpha value is -4.50. The van der Waals surface area contributed by atoms with Gasteiger partial charge in [0.1, 0.15) is 18.5 Å². The lowest BCUT2D eigenvalue weighted by Crippen LogP contribution is -2.62. The fourth-order valence-electron chi connectivity index (χ4n) is 5.54. The number of rotatable bonds is 8. The summed E-state index contributed by atoms with van der Waals surface area (Å²) in [5.41, 5.74) is 3.49. The molecule has 3 amide bonds. The number of likely N-dealkylation sites (tertiary alicyclic amines) is 2. The van der Waals surface area contributed by atoms with Gasteiger partial charge in [-0.15, -0.1) is 0 Å². The Kier molecular flexibility index (Phi) is 9.28. The van der Waals surface area contributed by atoms with Gasteiger partial charge < -0.3 is 15.0 Å². The molecule has 0 bridgehead atoms. The molecule has 2 aliphatic heterocycles. The van der Waals surface area contributed by atoms with Crippen molar-refractivity contribution in [2.45, 2.75) is 50.4 Å². The SMILES string of the molecule is CN1CC[C@H](c2ccccc2)C[C@@H]1C(=O)N1CC[C@H]1C(=O)NCc1ccc(C(=N)NC(=O)OCc2ccccc2)cc1. The molecule has 2 saturated heterocycles. The number of piperidine rings is 1. The summed E-state index contributed by atoms with van der Waals surface area (Å²) in [4.78, 5) is 42.4. The second-order valence-corrected chi connectivity index (χ2v) is 10.9. The Morgan fingerprint density at radius 3 is 2.21 bits per heavy atom. The van der Waals surface area contributed by atoms with Crippen LogP contribution in [-0.2, 0) is 27.5 Å². The molecule has 0 aromatic heterocycles. The van der Waals surface area contributed by atoms with Gasteiger partial charge in [-0.05, 0) is 55.5 Å². The van der Waals surface area contributed by atoms with Gasteiger partial charge in [-0.3, -0.25) is 25.2 Å². The lowest BCUT2D eigenvalue weighted by molar-refractivity contribution is -0.152. The third-order valence-corrected chi connectivity index (χ3v) is 8.18. The number of hydrogen-bond donors (Lipinski definition) is 3. The van der Waals surface area contributed by atoms with E-state index in [-0.39, 0.29) is 30.3 Å². The van der Waals surface area contributed by atoms with Crippen LogP contribution in [0.25, 0.3) is 0 Å². The molecule has 218 valence electrons. The minimum atomic E-state index is -0.699. The zero-order valence-corrected chi connectivity index (χ0v) is 23.8. The molecule has 9 nitrogen and oxygen atoms in total. The third-order valence-electron chi connectivity index (χ3n) is 8.18. The standard InChI is InChI=1S/C33H37N5O4/c1-37-18-16-27(25-10-6-3-7-11-25)20-29(37)32(40)38-19-17-28(38)31(39)35-21-23-12-14-26(15-13-23)30(34)36-33(41)42-22-24-8-4-2-5-9-24/h2-15,27-29H,16-22H2,1H3,(H,35,39)(H2,34,36,41)/t27-,28-,29+/m0/s1. The predicted octanol–water partition coefficient (Wildman–Crippen LogP) is 4.03. The molecular weight excluding hydrogens is 530 g/mol. The van der Waals surface area contributed by atoms with E-state index in [2.05, 4.69) is 27.7 Å². The van der Waals surface area contributed by atoms with Gasteiger partial charge in [0.05, 0.1) is 6.04 Å².